The first kappa shape index (κ1) is 13.0. The van der Waals surface area contributed by atoms with Crippen molar-refractivity contribution < 1.29 is 0 Å². The van der Waals surface area contributed by atoms with Crippen LogP contribution in [0.15, 0.2) is 29.4 Å². The van der Waals surface area contributed by atoms with Gasteiger partial charge in [0, 0.05) is 22.7 Å². The molecule has 0 amide bonds. The van der Waals surface area contributed by atoms with Crippen molar-refractivity contribution in [1.82, 2.24) is 5.01 Å². The summed E-state index contributed by atoms with van der Waals surface area (Å²) in [6.07, 6.45) is 4.89. The van der Waals surface area contributed by atoms with Crippen molar-refractivity contribution in [2.45, 2.75) is 51.6 Å². The first-order chi connectivity index (χ1) is 9.19. The molecule has 2 atom stereocenters. The minimum atomic E-state index is 0.562. The fourth-order valence-electron chi connectivity index (χ4n) is 3.11. The minimum absolute atomic E-state index is 0.562. The van der Waals surface area contributed by atoms with Crippen LogP contribution in [-0.2, 0) is 6.42 Å². The molecule has 2 aliphatic rings. The molecule has 1 saturated carbocycles. The smallest absolute Gasteiger partial charge is 0.0555 e. The van der Waals surface area contributed by atoms with Crippen molar-refractivity contribution in [3.63, 3.8) is 0 Å². The van der Waals surface area contributed by atoms with Gasteiger partial charge in [-0.1, -0.05) is 30.7 Å². The molecule has 3 rings (SSSR count). The summed E-state index contributed by atoms with van der Waals surface area (Å²) in [7, 11) is 0. The lowest BCUT2D eigenvalue weighted by atomic mass is 9.88. The van der Waals surface area contributed by atoms with E-state index in [1.165, 1.54) is 30.5 Å². The number of benzene rings is 1. The van der Waals surface area contributed by atoms with Gasteiger partial charge in [0.15, 0.2) is 0 Å². The van der Waals surface area contributed by atoms with Gasteiger partial charge in [-0.25, -0.2) is 0 Å². The third kappa shape index (κ3) is 2.64. The maximum atomic E-state index is 5.95. The van der Waals surface area contributed by atoms with Crippen LogP contribution in [-0.4, -0.2) is 22.8 Å². The van der Waals surface area contributed by atoms with Crippen molar-refractivity contribution in [2.75, 3.05) is 0 Å². The molecule has 2 unspecified atom stereocenters. The van der Waals surface area contributed by atoms with E-state index in [-0.39, 0.29) is 0 Å². The van der Waals surface area contributed by atoms with Crippen LogP contribution in [0, 0.1) is 5.92 Å². The van der Waals surface area contributed by atoms with Gasteiger partial charge in [0.1, 0.15) is 0 Å². The van der Waals surface area contributed by atoms with Crippen LogP contribution in [0.5, 0.6) is 0 Å². The van der Waals surface area contributed by atoms with E-state index in [1.54, 1.807) is 0 Å². The SMILES string of the molecule is CCC1C(Cc2ccc(Cl)cc2)C(C)=NN1C1CC1. The van der Waals surface area contributed by atoms with Gasteiger partial charge in [0.25, 0.3) is 0 Å². The topological polar surface area (TPSA) is 15.6 Å². The molecule has 0 bridgehead atoms. The Labute approximate surface area is 120 Å². The Morgan fingerprint density at radius 1 is 1.26 bits per heavy atom. The Bertz CT molecular complexity index is 476. The molecule has 1 aliphatic carbocycles. The summed E-state index contributed by atoms with van der Waals surface area (Å²) >= 11 is 5.95. The maximum absolute atomic E-state index is 5.95. The zero-order valence-electron chi connectivity index (χ0n) is 11.6. The summed E-state index contributed by atoms with van der Waals surface area (Å²) in [5.74, 6) is 0.562. The molecule has 0 spiro atoms. The highest BCUT2D eigenvalue weighted by Crippen LogP contribution is 2.37. The number of rotatable bonds is 4. The monoisotopic (exact) mass is 276 g/mol. The third-order valence-electron chi connectivity index (χ3n) is 4.32. The van der Waals surface area contributed by atoms with Crippen molar-refractivity contribution >= 4 is 17.3 Å². The Balaban J connectivity index is 1.75. The predicted molar refractivity (Wildman–Crippen MR) is 80.7 cm³/mol. The van der Waals surface area contributed by atoms with Gasteiger partial charge in [0.05, 0.1) is 6.04 Å². The average molecular weight is 277 g/mol. The fraction of sp³-hybridized carbons (Fsp3) is 0.562. The molecule has 0 N–H and O–H groups in total. The Hall–Kier alpha value is -1.02. The van der Waals surface area contributed by atoms with Crippen LogP contribution in [0.4, 0.5) is 0 Å². The van der Waals surface area contributed by atoms with E-state index in [2.05, 4.69) is 31.0 Å². The number of hydrogen-bond donors (Lipinski definition) is 0. The highest BCUT2D eigenvalue weighted by molar-refractivity contribution is 6.30. The van der Waals surface area contributed by atoms with Gasteiger partial charge in [-0.3, -0.25) is 5.01 Å². The molecule has 1 fully saturated rings. The van der Waals surface area contributed by atoms with Crippen molar-refractivity contribution in [1.29, 1.82) is 0 Å². The third-order valence-corrected chi connectivity index (χ3v) is 4.57. The predicted octanol–water partition coefficient (Wildman–Crippen LogP) is 4.13. The molecule has 1 heterocycles. The second-order valence-electron chi connectivity index (χ2n) is 5.77. The first-order valence-corrected chi connectivity index (χ1v) is 7.64. The molecule has 0 aromatic heterocycles. The first-order valence-electron chi connectivity index (χ1n) is 7.27. The highest BCUT2D eigenvalue weighted by atomic mass is 35.5. The number of nitrogens with zero attached hydrogens (tertiary/aromatic N) is 2. The summed E-state index contributed by atoms with van der Waals surface area (Å²) in [4.78, 5) is 0. The van der Waals surface area contributed by atoms with Gasteiger partial charge in [-0.15, -0.1) is 0 Å². The van der Waals surface area contributed by atoms with Gasteiger partial charge < -0.3 is 0 Å². The molecular weight excluding hydrogens is 256 g/mol. The van der Waals surface area contributed by atoms with Crippen molar-refractivity contribution in [3.8, 4) is 0 Å². The quantitative estimate of drug-likeness (QED) is 0.807. The van der Waals surface area contributed by atoms with Crippen LogP contribution in [0.3, 0.4) is 0 Å². The molecule has 2 nitrogen and oxygen atoms in total. The van der Waals surface area contributed by atoms with E-state index < -0.39 is 0 Å². The Morgan fingerprint density at radius 3 is 2.53 bits per heavy atom. The summed E-state index contributed by atoms with van der Waals surface area (Å²) in [5.41, 5.74) is 2.66. The van der Waals surface area contributed by atoms with Crippen LogP contribution < -0.4 is 0 Å². The van der Waals surface area contributed by atoms with Crippen molar-refractivity contribution in [3.05, 3.63) is 34.9 Å². The molecule has 0 radical (unpaired) electrons. The molecular formula is C16H21ClN2. The number of hydrazone groups is 1. The van der Waals surface area contributed by atoms with E-state index in [9.17, 15) is 0 Å². The lowest BCUT2D eigenvalue weighted by molar-refractivity contribution is 0.185. The minimum Gasteiger partial charge on any atom is -0.290 e. The van der Waals surface area contributed by atoms with Crippen LogP contribution in [0.1, 0.15) is 38.7 Å². The molecule has 3 heteroatoms. The van der Waals surface area contributed by atoms with Gasteiger partial charge >= 0.3 is 0 Å². The van der Waals surface area contributed by atoms with E-state index >= 15 is 0 Å². The zero-order valence-corrected chi connectivity index (χ0v) is 12.4. The molecule has 19 heavy (non-hydrogen) atoms. The lowest BCUT2D eigenvalue weighted by Crippen LogP contribution is -2.35. The lowest BCUT2D eigenvalue weighted by Gasteiger charge is -2.27. The highest BCUT2D eigenvalue weighted by Gasteiger charge is 2.41. The summed E-state index contributed by atoms with van der Waals surface area (Å²) < 4.78 is 0. The molecule has 1 aliphatic heterocycles. The van der Waals surface area contributed by atoms with Crippen LogP contribution in [0.2, 0.25) is 5.02 Å². The standard InChI is InChI=1S/C16H21ClN2/c1-3-16-15(10-12-4-6-13(17)7-5-12)11(2)18-19(16)14-8-9-14/h4-7,14-16H,3,8-10H2,1-2H3. The number of hydrogen-bond acceptors (Lipinski definition) is 2. The molecule has 102 valence electrons. The van der Waals surface area contributed by atoms with E-state index in [4.69, 9.17) is 16.7 Å². The zero-order chi connectivity index (χ0) is 13.4. The van der Waals surface area contributed by atoms with Crippen LogP contribution >= 0.6 is 11.6 Å². The Morgan fingerprint density at radius 2 is 1.95 bits per heavy atom. The van der Waals surface area contributed by atoms with E-state index in [1.807, 2.05) is 12.1 Å². The van der Waals surface area contributed by atoms with Crippen LogP contribution in [0.25, 0.3) is 0 Å². The van der Waals surface area contributed by atoms with Gasteiger partial charge in [-0.05, 0) is 50.3 Å². The molecule has 1 aromatic rings. The number of halogens is 1. The van der Waals surface area contributed by atoms with E-state index in [0.717, 1.165) is 17.5 Å². The molecule has 0 saturated heterocycles. The normalized spacial score (nSPS) is 26.7. The second kappa shape index (κ2) is 5.16. The summed E-state index contributed by atoms with van der Waals surface area (Å²) in [5, 5.41) is 8.02. The Kier molecular flexibility index (Phi) is 3.53. The fourth-order valence-corrected chi connectivity index (χ4v) is 3.24. The largest absolute Gasteiger partial charge is 0.290 e. The molecule has 1 aromatic carbocycles. The van der Waals surface area contributed by atoms with Crippen molar-refractivity contribution in [2.24, 2.45) is 11.0 Å². The second-order valence-corrected chi connectivity index (χ2v) is 6.20. The summed E-state index contributed by atoms with van der Waals surface area (Å²) in [6, 6.07) is 9.55. The van der Waals surface area contributed by atoms with E-state index in [0.29, 0.717) is 12.0 Å². The summed E-state index contributed by atoms with van der Waals surface area (Å²) in [6.45, 7) is 4.47. The average Bonchev–Trinajstić information content (AvgIpc) is 3.19. The van der Waals surface area contributed by atoms with Gasteiger partial charge in [-0.2, -0.15) is 5.10 Å². The maximum Gasteiger partial charge on any atom is 0.0555 e. The van der Waals surface area contributed by atoms with Gasteiger partial charge in [0.2, 0.25) is 0 Å².